The first-order chi connectivity index (χ1) is 13.7. The van der Waals surface area contributed by atoms with E-state index in [1.807, 2.05) is 18.2 Å². The van der Waals surface area contributed by atoms with Gasteiger partial charge >= 0.3 is 0 Å². The van der Waals surface area contributed by atoms with Crippen LogP contribution in [0.15, 0.2) is 48.5 Å². The summed E-state index contributed by atoms with van der Waals surface area (Å²) in [4.78, 5) is 10.8. The number of likely N-dealkylation sites (tertiary alicyclic amines) is 1. The molecule has 0 saturated carbocycles. The van der Waals surface area contributed by atoms with Gasteiger partial charge in [0.05, 0.1) is 23.7 Å². The van der Waals surface area contributed by atoms with Gasteiger partial charge in [-0.3, -0.25) is 0 Å². The van der Waals surface area contributed by atoms with E-state index in [1.165, 1.54) is 5.56 Å². The molecule has 2 heterocycles. The smallest absolute Gasteiger partial charge is 0.129 e. The van der Waals surface area contributed by atoms with Crippen molar-refractivity contribution in [3.8, 4) is 5.75 Å². The average molecular weight is 379 g/mol. The quantitative estimate of drug-likeness (QED) is 0.649. The highest BCUT2D eigenvalue weighted by Gasteiger charge is 2.24. The summed E-state index contributed by atoms with van der Waals surface area (Å²) in [5.74, 6) is 1.89. The van der Waals surface area contributed by atoms with Crippen molar-refractivity contribution in [1.82, 2.24) is 20.2 Å². The molecule has 1 fully saturated rings. The molecule has 2 aromatic carbocycles. The van der Waals surface area contributed by atoms with Crippen LogP contribution in [0.2, 0.25) is 0 Å². The van der Waals surface area contributed by atoms with Crippen LogP contribution in [-0.4, -0.2) is 47.7 Å². The van der Waals surface area contributed by atoms with Crippen LogP contribution >= 0.6 is 0 Å². The average Bonchev–Trinajstić information content (AvgIpc) is 3.16. The van der Waals surface area contributed by atoms with Crippen molar-refractivity contribution in [1.29, 1.82) is 0 Å². The Morgan fingerprint density at radius 1 is 1.18 bits per heavy atom. The topological polar surface area (TPSA) is 53.2 Å². The zero-order chi connectivity index (χ0) is 19.3. The van der Waals surface area contributed by atoms with Crippen molar-refractivity contribution in [3.05, 3.63) is 59.9 Å². The normalized spacial score (nSPS) is 17.1. The summed E-state index contributed by atoms with van der Waals surface area (Å²) >= 11 is 0. The molecular formula is C23H30N4O. The number of rotatable bonds is 7. The second-order valence-electron chi connectivity index (χ2n) is 7.74. The minimum atomic E-state index is 0.0194. The Morgan fingerprint density at radius 2 is 2.00 bits per heavy atom. The molecule has 1 aromatic heterocycles. The van der Waals surface area contributed by atoms with E-state index >= 15 is 0 Å². The summed E-state index contributed by atoms with van der Waals surface area (Å²) in [5.41, 5.74) is 3.27. The highest BCUT2D eigenvalue weighted by atomic mass is 16.5. The molecule has 5 heteroatoms. The van der Waals surface area contributed by atoms with E-state index in [2.05, 4.69) is 59.5 Å². The van der Waals surface area contributed by atoms with Crippen LogP contribution in [0, 0.1) is 0 Å². The standard InChI is InChI=1S/C23H30N4O/c1-3-15-28-19-8-6-7-17(16-19)22(24-18-11-13-27(2)14-12-18)23-25-20-9-4-5-10-21(20)26-23/h4-10,16,18,22,24H,3,11-15H2,1-2H3,(H,25,26). The predicted octanol–water partition coefficient (Wildman–Crippen LogP) is 4.12. The number of aromatic amines is 1. The number of imidazole rings is 1. The Balaban J connectivity index is 1.64. The van der Waals surface area contributed by atoms with Gasteiger partial charge in [-0.1, -0.05) is 31.2 Å². The molecule has 1 unspecified atom stereocenters. The third-order valence-electron chi connectivity index (χ3n) is 5.47. The van der Waals surface area contributed by atoms with E-state index in [4.69, 9.17) is 9.72 Å². The second-order valence-corrected chi connectivity index (χ2v) is 7.74. The van der Waals surface area contributed by atoms with E-state index in [0.717, 1.165) is 61.6 Å². The maximum absolute atomic E-state index is 5.88. The number of H-pyrrole nitrogens is 1. The molecule has 0 bridgehead atoms. The van der Waals surface area contributed by atoms with E-state index in [0.29, 0.717) is 6.04 Å². The molecule has 1 aliphatic rings. The lowest BCUT2D eigenvalue weighted by Crippen LogP contribution is -2.42. The number of ether oxygens (including phenoxy) is 1. The molecule has 0 aliphatic carbocycles. The van der Waals surface area contributed by atoms with Crippen molar-refractivity contribution in [2.75, 3.05) is 26.7 Å². The first-order valence-electron chi connectivity index (χ1n) is 10.3. The Kier molecular flexibility index (Phi) is 5.93. The number of nitrogens with zero attached hydrogens (tertiary/aromatic N) is 2. The largest absolute Gasteiger partial charge is 0.494 e. The molecule has 0 radical (unpaired) electrons. The molecule has 1 aliphatic heterocycles. The van der Waals surface area contributed by atoms with Crippen LogP contribution in [0.5, 0.6) is 5.75 Å². The zero-order valence-corrected chi connectivity index (χ0v) is 16.8. The van der Waals surface area contributed by atoms with Crippen molar-refractivity contribution in [2.45, 2.75) is 38.3 Å². The summed E-state index contributed by atoms with van der Waals surface area (Å²) < 4.78 is 5.88. The monoisotopic (exact) mass is 378 g/mol. The molecule has 5 nitrogen and oxygen atoms in total. The second kappa shape index (κ2) is 8.76. The fraction of sp³-hybridized carbons (Fsp3) is 0.435. The molecule has 28 heavy (non-hydrogen) atoms. The Bertz CT molecular complexity index is 865. The summed E-state index contributed by atoms with van der Waals surface area (Å²) in [6.45, 7) is 5.12. The Hall–Kier alpha value is -2.37. The number of fused-ring (bicyclic) bond motifs is 1. The molecule has 1 saturated heterocycles. The van der Waals surface area contributed by atoms with E-state index in [9.17, 15) is 0 Å². The van der Waals surface area contributed by atoms with Crippen LogP contribution in [-0.2, 0) is 0 Å². The number of benzene rings is 2. The van der Waals surface area contributed by atoms with Gasteiger partial charge in [0.15, 0.2) is 0 Å². The van der Waals surface area contributed by atoms with E-state index in [-0.39, 0.29) is 6.04 Å². The molecular weight excluding hydrogens is 348 g/mol. The number of para-hydroxylation sites is 2. The van der Waals surface area contributed by atoms with Gasteiger partial charge < -0.3 is 19.9 Å². The lowest BCUT2D eigenvalue weighted by molar-refractivity contribution is 0.228. The van der Waals surface area contributed by atoms with Gasteiger partial charge in [-0.05, 0) is 69.2 Å². The van der Waals surface area contributed by atoms with Crippen molar-refractivity contribution >= 4 is 11.0 Å². The van der Waals surface area contributed by atoms with Gasteiger partial charge in [-0.25, -0.2) is 4.98 Å². The minimum Gasteiger partial charge on any atom is -0.494 e. The van der Waals surface area contributed by atoms with E-state index < -0.39 is 0 Å². The highest BCUT2D eigenvalue weighted by molar-refractivity contribution is 5.75. The molecule has 148 valence electrons. The number of hydrogen-bond acceptors (Lipinski definition) is 4. The van der Waals surface area contributed by atoms with E-state index in [1.54, 1.807) is 0 Å². The number of nitrogens with one attached hydrogen (secondary N) is 2. The molecule has 3 aromatic rings. The first-order valence-corrected chi connectivity index (χ1v) is 10.3. The zero-order valence-electron chi connectivity index (χ0n) is 16.8. The fourth-order valence-electron chi connectivity index (χ4n) is 3.86. The van der Waals surface area contributed by atoms with Gasteiger partial charge in [0, 0.05) is 6.04 Å². The SMILES string of the molecule is CCCOc1cccc(C(NC2CCN(C)CC2)c2nc3ccccc3[nH]2)c1. The van der Waals surface area contributed by atoms with Gasteiger partial charge in [0.25, 0.3) is 0 Å². The van der Waals surface area contributed by atoms with Gasteiger partial charge in [-0.2, -0.15) is 0 Å². The summed E-state index contributed by atoms with van der Waals surface area (Å²) in [6.07, 6.45) is 3.31. The molecule has 4 rings (SSSR count). The minimum absolute atomic E-state index is 0.0194. The number of piperidine rings is 1. The lowest BCUT2D eigenvalue weighted by atomic mass is 10.0. The third-order valence-corrected chi connectivity index (χ3v) is 5.47. The fourth-order valence-corrected chi connectivity index (χ4v) is 3.86. The Labute approximate surface area is 167 Å². The lowest BCUT2D eigenvalue weighted by Gasteiger charge is -2.32. The van der Waals surface area contributed by atoms with Gasteiger partial charge in [0.1, 0.15) is 11.6 Å². The maximum atomic E-state index is 5.88. The molecule has 0 amide bonds. The predicted molar refractivity (Wildman–Crippen MR) is 114 cm³/mol. The van der Waals surface area contributed by atoms with Crippen LogP contribution in [0.3, 0.4) is 0 Å². The van der Waals surface area contributed by atoms with Gasteiger partial charge in [0.2, 0.25) is 0 Å². The summed E-state index contributed by atoms with van der Waals surface area (Å²) in [7, 11) is 2.20. The Morgan fingerprint density at radius 3 is 2.79 bits per heavy atom. The third kappa shape index (κ3) is 4.37. The first kappa shape index (κ1) is 19.0. The molecule has 2 N–H and O–H groups in total. The maximum Gasteiger partial charge on any atom is 0.129 e. The van der Waals surface area contributed by atoms with Gasteiger partial charge in [-0.15, -0.1) is 0 Å². The van der Waals surface area contributed by atoms with Crippen LogP contribution in [0.4, 0.5) is 0 Å². The number of hydrogen-bond donors (Lipinski definition) is 2. The highest BCUT2D eigenvalue weighted by Crippen LogP contribution is 2.27. The van der Waals surface area contributed by atoms with Crippen molar-refractivity contribution < 1.29 is 4.74 Å². The molecule has 0 spiro atoms. The van der Waals surface area contributed by atoms with Crippen molar-refractivity contribution in [2.24, 2.45) is 0 Å². The van der Waals surface area contributed by atoms with Crippen LogP contribution < -0.4 is 10.1 Å². The van der Waals surface area contributed by atoms with Crippen LogP contribution in [0.1, 0.15) is 43.6 Å². The number of aromatic nitrogens is 2. The molecule has 1 atom stereocenters. The summed E-state index contributed by atoms with van der Waals surface area (Å²) in [5, 5.41) is 3.88. The summed E-state index contributed by atoms with van der Waals surface area (Å²) in [6, 6.07) is 17.1. The van der Waals surface area contributed by atoms with Crippen LogP contribution in [0.25, 0.3) is 11.0 Å². The van der Waals surface area contributed by atoms with Crippen molar-refractivity contribution in [3.63, 3.8) is 0 Å².